The average Bonchev–Trinajstić information content (AvgIpc) is 2.85. The van der Waals surface area contributed by atoms with Gasteiger partial charge in [0, 0.05) is 21.7 Å². The van der Waals surface area contributed by atoms with Crippen LogP contribution in [0.2, 0.25) is 11.6 Å². The smallest absolute Gasteiger partial charge is 0.119 e. The fraction of sp³-hybridized carbons (Fsp3) is 0.967. The lowest BCUT2D eigenvalue weighted by atomic mass is 9.98. The van der Waals surface area contributed by atoms with Gasteiger partial charge < -0.3 is 9.53 Å². The second kappa shape index (κ2) is 25.0. The van der Waals surface area contributed by atoms with Crippen LogP contribution in [-0.2, 0) is 9.53 Å². The van der Waals surface area contributed by atoms with Gasteiger partial charge in [-0.3, -0.25) is 0 Å². The second-order valence-corrected chi connectivity index (χ2v) is 13.3. The Morgan fingerprint density at radius 2 is 1.18 bits per heavy atom. The van der Waals surface area contributed by atoms with Gasteiger partial charge in [-0.15, -0.1) is 0 Å². The third-order valence-corrected chi connectivity index (χ3v) is 10.00. The van der Waals surface area contributed by atoms with E-state index >= 15 is 0 Å². The molecule has 0 aromatic rings. The summed E-state index contributed by atoms with van der Waals surface area (Å²) in [4.78, 5) is 11.2. The average molecular weight is 481 g/mol. The van der Waals surface area contributed by atoms with Crippen LogP contribution in [0.25, 0.3) is 0 Å². The first-order chi connectivity index (χ1) is 16.4. The van der Waals surface area contributed by atoms with E-state index in [9.17, 15) is 4.79 Å². The molecule has 1 saturated carbocycles. The van der Waals surface area contributed by atoms with Crippen molar-refractivity contribution in [2.24, 2.45) is 0 Å². The van der Waals surface area contributed by atoms with E-state index in [0.29, 0.717) is 11.6 Å². The second-order valence-electron chi connectivity index (χ2n) is 11.0. The van der Waals surface area contributed by atoms with E-state index in [0.717, 1.165) is 6.61 Å². The van der Waals surface area contributed by atoms with Gasteiger partial charge in [-0.1, -0.05) is 141 Å². The van der Waals surface area contributed by atoms with Crippen molar-refractivity contribution in [3.05, 3.63) is 0 Å². The van der Waals surface area contributed by atoms with Crippen molar-refractivity contribution in [1.82, 2.24) is 0 Å². The van der Waals surface area contributed by atoms with Gasteiger partial charge in [0.05, 0.1) is 6.10 Å². The van der Waals surface area contributed by atoms with Gasteiger partial charge in [-0.25, -0.2) is 0 Å². The van der Waals surface area contributed by atoms with Crippen molar-refractivity contribution in [3.8, 4) is 0 Å². The zero-order valence-electron chi connectivity index (χ0n) is 22.6. The summed E-state index contributed by atoms with van der Waals surface area (Å²) in [6.07, 6.45) is 34.9. The molecule has 1 fully saturated rings. The molecular formula is C30H60O2Si. The standard InChI is InChI=1S/C30H60O2Si/c1-2-3-27-33-30(28-31)25-21-16-14-12-10-8-6-4-5-7-9-11-13-15-17-22-26-32-29-23-19-18-20-24-29/h28-30H,2-27,33H2,1H3. The highest BCUT2D eigenvalue weighted by Gasteiger charge is 2.12. The van der Waals surface area contributed by atoms with E-state index in [1.165, 1.54) is 166 Å². The fourth-order valence-electron chi connectivity index (χ4n) is 5.40. The van der Waals surface area contributed by atoms with Crippen molar-refractivity contribution in [1.29, 1.82) is 0 Å². The van der Waals surface area contributed by atoms with E-state index < -0.39 is 0 Å². The van der Waals surface area contributed by atoms with E-state index in [-0.39, 0.29) is 9.52 Å². The van der Waals surface area contributed by atoms with Crippen molar-refractivity contribution in [3.63, 3.8) is 0 Å². The monoisotopic (exact) mass is 480 g/mol. The molecule has 0 saturated heterocycles. The van der Waals surface area contributed by atoms with E-state index in [2.05, 4.69) is 6.92 Å². The van der Waals surface area contributed by atoms with Crippen LogP contribution < -0.4 is 0 Å². The number of unbranched alkanes of at least 4 members (excludes halogenated alkanes) is 16. The molecule has 33 heavy (non-hydrogen) atoms. The molecule has 0 aromatic heterocycles. The Kier molecular flexibility index (Phi) is 23.4. The summed E-state index contributed by atoms with van der Waals surface area (Å²) in [6, 6.07) is 1.37. The lowest BCUT2D eigenvalue weighted by Crippen LogP contribution is -2.17. The summed E-state index contributed by atoms with van der Waals surface area (Å²) < 4.78 is 6.02. The number of aldehydes is 1. The first kappa shape index (κ1) is 30.9. The van der Waals surface area contributed by atoms with Gasteiger partial charge in [0.1, 0.15) is 6.29 Å². The molecule has 0 heterocycles. The first-order valence-corrected chi connectivity index (χ1v) is 17.3. The summed E-state index contributed by atoms with van der Waals surface area (Å²) in [5, 5.41) is 0. The van der Waals surface area contributed by atoms with Gasteiger partial charge >= 0.3 is 0 Å². The third-order valence-electron chi connectivity index (χ3n) is 7.75. The molecule has 1 rings (SSSR count). The molecule has 1 aliphatic rings. The van der Waals surface area contributed by atoms with Crippen LogP contribution >= 0.6 is 0 Å². The summed E-state index contributed by atoms with van der Waals surface area (Å²) in [5.41, 5.74) is 0.474. The van der Waals surface area contributed by atoms with Gasteiger partial charge in [-0.2, -0.15) is 0 Å². The maximum absolute atomic E-state index is 11.2. The molecule has 0 radical (unpaired) electrons. The molecule has 0 amide bonds. The molecule has 3 heteroatoms. The number of hydrogen-bond acceptors (Lipinski definition) is 2. The summed E-state index contributed by atoms with van der Waals surface area (Å²) in [5.74, 6) is 0. The van der Waals surface area contributed by atoms with Crippen molar-refractivity contribution in [2.75, 3.05) is 6.61 Å². The zero-order valence-corrected chi connectivity index (χ0v) is 24.1. The minimum atomic E-state index is -0.130. The molecule has 0 spiro atoms. The predicted octanol–water partition coefficient (Wildman–Crippen LogP) is 9.34. The largest absolute Gasteiger partial charge is 0.378 e. The summed E-state index contributed by atoms with van der Waals surface area (Å²) >= 11 is 0. The number of carbonyl (C=O) groups excluding carboxylic acids is 1. The lowest BCUT2D eigenvalue weighted by molar-refractivity contribution is -0.107. The Morgan fingerprint density at radius 1 is 0.697 bits per heavy atom. The minimum absolute atomic E-state index is 0.130. The normalized spacial score (nSPS) is 16.0. The topological polar surface area (TPSA) is 26.3 Å². The van der Waals surface area contributed by atoms with Crippen molar-refractivity contribution >= 4 is 15.8 Å². The van der Waals surface area contributed by atoms with Crippen LogP contribution in [0.4, 0.5) is 0 Å². The van der Waals surface area contributed by atoms with Gasteiger partial charge in [0.15, 0.2) is 0 Å². The minimum Gasteiger partial charge on any atom is -0.378 e. The molecule has 0 bridgehead atoms. The van der Waals surface area contributed by atoms with Crippen LogP contribution in [0.3, 0.4) is 0 Å². The Morgan fingerprint density at radius 3 is 1.67 bits per heavy atom. The maximum Gasteiger partial charge on any atom is 0.119 e. The number of carbonyl (C=O) groups is 1. The Balaban J connectivity index is 1.69. The molecular weight excluding hydrogens is 420 g/mol. The highest BCUT2D eigenvalue weighted by molar-refractivity contribution is 6.42. The number of ether oxygens (including phenoxy) is 1. The van der Waals surface area contributed by atoms with Gasteiger partial charge in [-0.05, 0) is 25.7 Å². The molecule has 1 atom stereocenters. The molecule has 1 unspecified atom stereocenters. The highest BCUT2D eigenvalue weighted by atomic mass is 28.2. The highest BCUT2D eigenvalue weighted by Crippen LogP contribution is 2.21. The van der Waals surface area contributed by atoms with Crippen LogP contribution in [0.1, 0.15) is 161 Å². The van der Waals surface area contributed by atoms with E-state index in [1.54, 1.807) is 0 Å². The molecule has 2 nitrogen and oxygen atoms in total. The predicted molar refractivity (Wildman–Crippen MR) is 149 cm³/mol. The van der Waals surface area contributed by atoms with Crippen molar-refractivity contribution < 1.29 is 9.53 Å². The quantitative estimate of drug-likeness (QED) is 0.0739. The summed E-state index contributed by atoms with van der Waals surface area (Å²) in [6.45, 7) is 3.26. The molecule has 1 aliphatic carbocycles. The Labute approximate surface area is 210 Å². The van der Waals surface area contributed by atoms with Gasteiger partial charge in [0.2, 0.25) is 0 Å². The lowest BCUT2D eigenvalue weighted by Gasteiger charge is -2.21. The third kappa shape index (κ3) is 20.9. The SMILES string of the molecule is CCCC[SiH2]C(C=O)CCCCCCCCCCCCCCCCCCOC1CCCCC1. The maximum atomic E-state index is 11.2. The van der Waals surface area contributed by atoms with Crippen LogP contribution in [0.15, 0.2) is 0 Å². The van der Waals surface area contributed by atoms with E-state index in [4.69, 9.17) is 4.74 Å². The molecule has 0 aromatic carbocycles. The number of hydrogen-bond donors (Lipinski definition) is 0. The number of rotatable bonds is 25. The van der Waals surface area contributed by atoms with Gasteiger partial charge in [0.25, 0.3) is 0 Å². The zero-order chi connectivity index (χ0) is 23.7. The Hall–Kier alpha value is -0.153. The van der Waals surface area contributed by atoms with Crippen LogP contribution in [0, 0.1) is 0 Å². The fourth-order valence-corrected chi connectivity index (χ4v) is 7.43. The Bertz CT molecular complexity index is 395. The van der Waals surface area contributed by atoms with Crippen LogP contribution in [-0.4, -0.2) is 28.5 Å². The molecule has 196 valence electrons. The van der Waals surface area contributed by atoms with Crippen molar-refractivity contribution in [2.45, 2.75) is 179 Å². The van der Waals surface area contributed by atoms with Crippen LogP contribution in [0.5, 0.6) is 0 Å². The first-order valence-electron chi connectivity index (χ1n) is 15.4. The molecule has 0 N–H and O–H groups in total. The van der Waals surface area contributed by atoms with E-state index in [1.807, 2.05) is 0 Å². The molecule has 0 aliphatic heterocycles. The summed E-state index contributed by atoms with van der Waals surface area (Å²) in [7, 11) is -0.130.